The van der Waals surface area contributed by atoms with E-state index in [0.717, 1.165) is 21.7 Å². The lowest BCUT2D eigenvalue weighted by Gasteiger charge is -2.34. The van der Waals surface area contributed by atoms with Gasteiger partial charge in [-0.3, -0.25) is 13.9 Å². The Morgan fingerprint density at radius 2 is 1.57 bits per heavy atom. The number of carbonyl (C=O) groups excluding carboxylic acids is 2. The summed E-state index contributed by atoms with van der Waals surface area (Å²) in [6.07, 6.45) is 2.02. The van der Waals surface area contributed by atoms with Crippen molar-refractivity contribution in [3.05, 3.63) is 90.0 Å². The highest BCUT2D eigenvalue weighted by Gasteiger charge is 2.33. The van der Waals surface area contributed by atoms with Gasteiger partial charge in [-0.15, -0.1) is 0 Å². The van der Waals surface area contributed by atoms with E-state index in [-0.39, 0.29) is 24.9 Å². The van der Waals surface area contributed by atoms with Crippen molar-refractivity contribution in [1.82, 2.24) is 10.2 Å². The quantitative estimate of drug-likeness (QED) is 0.279. The van der Waals surface area contributed by atoms with Crippen LogP contribution in [0.1, 0.15) is 38.3 Å². The summed E-state index contributed by atoms with van der Waals surface area (Å²) < 4.78 is 37.8. The minimum absolute atomic E-state index is 0.0718. The summed E-state index contributed by atoms with van der Waals surface area (Å²) in [4.78, 5) is 29.4. The van der Waals surface area contributed by atoms with Crippen molar-refractivity contribution < 1.29 is 27.5 Å². The zero-order chi connectivity index (χ0) is 30.7. The second-order valence-corrected chi connectivity index (χ2v) is 12.0. The number of ether oxygens (including phenoxy) is 2. The number of methoxy groups -OCH3 is 1. The molecule has 3 rings (SSSR count). The van der Waals surface area contributed by atoms with Gasteiger partial charge in [-0.05, 0) is 67.8 Å². The third-order valence-corrected chi connectivity index (χ3v) is 8.01. The first-order chi connectivity index (χ1) is 20.0. The lowest BCUT2D eigenvalue weighted by molar-refractivity contribution is -0.140. The number of amides is 2. The maximum atomic E-state index is 14.2. The van der Waals surface area contributed by atoms with E-state index in [1.165, 1.54) is 4.90 Å². The minimum Gasteiger partial charge on any atom is -0.497 e. The Kier molecular flexibility index (Phi) is 11.8. The number of carbonyl (C=O) groups is 2. The fourth-order valence-corrected chi connectivity index (χ4v) is 5.30. The van der Waals surface area contributed by atoms with Gasteiger partial charge in [0.15, 0.2) is 0 Å². The van der Waals surface area contributed by atoms with Crippen LogP contribution in [0.15, 0.2) is 78.9 Å². The smallest absolute Gasteiger partial charge is 0.244 e. The van der Waals surface area contributed by atoms with Crippen LogP contribution in [-0.2, 0) is 32.6 Å². The predicted octanol–water partition coefficient (Wildman–Crippen LogP) is 4.41. The van der Waals surface area contributed by atoms with Crippen molar-refractivity contribution in [3.8, 4) is 11.5 Å². The van der Waals surface area contributed by atoms with Crippen molar-refractivity contribution in [2.45, 2.75) is 52.2 Å². The van der Waals surface area contributed by atoms with Crippen molar-refractivity contribution >= 4 is 27.5 Å². The molecule has 0 bridgehead atoms. The van der Waals surface area contributed by atoms with Gasteiger partial charge in [0.1, 0.15) is 24.1 Å². The third kappa shape index (κ3) is 9.24. The molecule has 0 saturated carbocycles. The van der Waals surface area contributed by atoms with E-state index in [2.05, 4.69) is 5.32 Å². The number of nitrogens with one attached hydrogen (secondary N) is 1. The first-order valence-corrected chi connectivity index (χ1v) is 15.9. The zero-order valence-corrected chi connectivity index (χ0v) is 25.8. The maximum Gasteiger partial charge on any atom is 0.244 e. The van der Waals surface area contributed by atoms with Gasteiger partial charge in [0, 0.05) is 19.0 Å². The van der Waals surface area contributed by atoms with Crippen molar-refractivity contribution in [2.24, 2.45) is 0 Å². The van der Waals surface area contributed by atoms with Gasteiger partial charge in [0.2, 0.25) is 21.8 Å². The van der Waals surface area contributed by atoms with Gasteiger partial charge in [-0.1, -0.05) is 49.4 Å². The van der Waals surface area contributed by atoms with Crippen LogP contribution in [0.2, 0.25) is 0 Å². The maximum absolute atomic E-state index is 14.2. The number of hydrogen-bond donors (Lipinski definition) is 1. The van der Waals surface area contributed by atoms with E-state index in [4.69, 9.17) is 9.47 Å². The Labute approximate surface area is 249 Å². The molecule has 9 nitrogen and oxygen atoms in total. The average molecular weight is 596 g/mol. The molecule has 2 amide bonds. The minimum atomic E-state index is -3.86. The number of nitrogens with zero attached hydrogens (tertiary/aromatic N) is 2. The second-order valence-electron chi connectivity index (χ2n) is 10.1. The van der Waals surface area contributed by atoms with Gasteiger partial charge < -0.3 is 19.7 Å². The SMILES string of the molecule is CCOc1ccc(N(CC(=O)N(Cc2cccc(OC)c2)[C@@H](Cc2ccccc2)C(=O)N[C@H](C)CC)S(C)(=O)=O)cc1. The van der Waals surface area contributed by atoms with Crippen LogP contribution in [0.3, 0.4) is 0 Å². The number of sulfonamides is 1. The molecule has 3 aromatic rings. The molecule has 42 heavy (non-hydrogen) atoms. The second kappa shape index (κ2) is 15.3. The van der Waals surface area contributed by atoms with Crippen molar-refractivity contribution in [3.63, 3.8) is 0 Å². The highest BCUT2D eigenvalue weighted by Crippen LogP contribution is 2.24. The van der Waals surface area contributed by atoms with E-state index >= 15 is 0 Å². The largest absolute Gasteiger partial charge is 0.497 e. The van der Waals surface area contributed by atoms with Crippen LogP contribution in [0.25, 0.3) is 0 Å². The van der Waals surface area contributed by atoms with Crippen LogP contribution in [-0.4, -0.2) is 63.7 Å². The van der Waals surface area contributed by atoms with E-state index in [1.54, 1.807) is 43.5 Å². The van der Waals surface area contributed by atoms with Gasteiger partial charge in [-0.25, -0.2) is 8.42 Å². The molecule has 0 saturated heterocycles. The molecule has 0 radical (unpaired) electrons. The van der Waals surface area contributed by atoms with Crippen molar-refractivity contribution in [2.75, 3.05) is 30.8 Å². The average Bonchev–Trinajstić information content (AvgIpc) is 2.98. The van der Waals surface area contributed by atoms with Gasteiger partial charge in [0.05, 0.1) is 25.7 Å². The summed E-state index contributed by atoms with van der Waals surface area (Å²) in [6, 6.07) is 22.2. The Balaban J connectivity index is 2.05. The summed E-state index contributed by atoms with van der Waals surface area (Å²) >= 11 is 0. The highest BCUT2D eigenvalue weighted by molar-refractivity contribution is 7.92. The fourth-order valence-electron chi connectivity index (χ4n) is 4.45. The van der Waals surface area contributed by atoms with Crippen LogP contribution in [0, 0.1) is 0 Å². The fraction of sp³-hybridized carbons (Fsp3) is 0.375. The summed E-state index contributed by atoms with van der Waals surface area (Å²) in [5, 5.41) is 3.02. The molecule has 3 aromatic carbocycles. The normalized spacial score (nSPS) is 12.6. The molecule has 1 N–H and O–H groups in total. The zero-order valence-electron chi connectivity index (χ0n) is 24.9. The van der Waals surface area contributed by atoms with Crippen LogP contribution >= 0.6 is 0 Å². The Morgan fingerprint density at radius 1 is 0.905 bits per heavy atom. The molecule has 0 aromatic heterocycles. The lowest BCUT2D eigenvalue weighted by atomic mass is 10.0. The molecule has 226 valence electrons. The molecular formula is C32H41N3O6S. The molecule has 0 aliphatic carbocycles. The van der Waals surface area contributed by atoms with Crippen LogP contribution < -0.4 is 19.1 Å². The standard InChI is InChI=1S/C32H41N3O6S/c1-6-24(3)33-32(37)30(21-25-12-9-8-10-13-25)34(22-26-14-11-15-29(20-26)40-4)31(36)23-35(42(5,38)39)27-16-18-28(19-17-27)41-7-2/h8-20,24,30H,6-7,21-23H2,1-5H3,(H,33,37)/t24-,30+/m1/s1. The molecule has 0 aliphatic rings. The van der Waals surface area contributed by atoms with Crippen molar-refractivity contribution in [1.29, 1.82) is 0 Å². The topological polar surface area (TPSA) is 105 Å². The number of anilines is 1. The molecule has 2 atom stereocenters. The number of rotatable bonds is 15. The van der Waals surface area contributed by atoms with Gasteiger partial charge in [-0.2, -0.15) is 0 Å². The van der Waals surface area contributed by atoms with E-state index < -0.39 is 28.5 Å². The Bertz CT molecular complexity index is 1410. The molecule has 0 fully saturated rings. The first-order valence-electron chi connectivity index (χ1n) is 14.0. The highest BCUT2D eigenvalue weighted by atomic mass is 32.2. The summed E-state index contributed by atoms with van der Waals surface area (Å²) in [5.41, 5.74) is 1.93. The van der Waals surface area contributed by atoms with Gasteiger partial charge in [0.25, 0.3) is 0 Å². The molecule has 0 aliphatic heterocycles. The van der Waals surface area contributed by atoms with Crippen LogP contribution in [0.5, 0.6) is 11.5 Å². The van der Waals surface area contributed by atoms with Gasteiger partial charge >= 0.3 is 0 Å². The predicted molar refractivity (Wildman–Crippen MR) is 165 cm³/mol. The molecule has 0 heterocycles. The third-order valence-electron chi connectivity index (χ3n) is 6.87. The summed E-state index contributed by atoms with van der Waals surface area (Å²) in [5.74, 6) is 0.370. The van der Waals surface area contributed by atoms with Crippen LogP contribution in [0.4, 0.5) is 5.69 Å². The number of benzene rings is 3. The Morgan fingerprint density at radius 3 is 2.17 bits per heavy atom. The van der Waals surface area contributed by atoms with E-state index in [1.807, 2.05) is 63.2 Å². The molecule has 10 heteroatoms. The monoisotopic (exact) mass is 595 g/mol. The lowest BCUT2D eigenvalue weighted by Crippen LogP contribution is -2.54. The van der Waals surface area contributed by atoms with E-state index in [9.17, 15) is 18.0 Å². The summed E-state index contributed by atoms with van der Waals surface area (Å²) in [7, 11) is -2.30. The molecule has 0 spiro atoms. The molecular weight excluding hydrogens is 554 g/mol. The van der Waals surface area contributed by atoms with E-state index in [0.29, 0.717) is 30.2 Å². The Hall–Kier alpha value is -4.05. The molecule has 0 unspecified atom stereocenters. The number of hydrogen-bond acceptors (Lipinski definition) is 6. The summed E-state index contributed by atoms with van der Waals surface area (Å²) in [6.45, 7) is 5.78. The first kappa shape index (κ1) is 32.5.